The van der Waals surface area contributed by atoms with Crippen molar-refractivity contribution in [1.29, 1.82) is 0 Å². The molecule has 4 aromatic carbocycles. The van der Waals surface area contributed by atoms with Crippen molar-refractivity contribution in [3.8, 4) is 0 Å². The Bertz CT molecular complexity index is 1330. The molecule has 0 aromatic heterocycles. The van der Waals surface area contributed by atoms with E-state index in [2.05, 4.69) is 22.8 Å². The van der Waals surface area contributed by atoms with Crippen LogP contribution in [0, 0.1) is 0 Å². The number of urea groups is 1. The van der Waals surface area contributed by atoms with Crippen LogP contribution in [0.4, 0.5) is 4.79 Å². The highest BCUT2D eigenvalue weighted by atomic mass is 32.2. The summed E-state index contributed by atoms with van der Waals surface area (Å²) in [6, 6.07) is 35.9. The molecule has 7 heteroatoms. The molecule has 1 aliphatic heterocycles. The van der Waals surface area contributed by atoms with E-state index < -0.39 is 6.29 Å². The van der Waals surface area contributed by atoms with E-state index in [4.69, 9.17) is 9.47 Å². The minimum atomic E-state index is -0.506. The molecule has 1 heterocycles. The summed E-state index contributed by atoms with van der Waals surface area (Å²) in [7, 11) is 0. The van der Waals surface area contributed by atoms with Crippen molar-refractivity contribution in [3.05, 3.63) is 137 Å². The Hall–Kier alpha value is -3.62. The van der Waals surface area contributed by atoms with Crippen LogP contribution in [0.15, 0.2) is 114 Å². The Labute approximate surface area is 239 Å². The van der Waals surface area contributed by atoms with E-state index in [0.29, 0.717) is 13.1 Å². The fourth-order valence-electron chi connectivity index (χ4n) is 4.54. The number of amides is 2. The Kier molecular flexibility index (Phi) is 9.87. The summed E-state index contributed by atoms with van der Waals surface area (Å²) in [5.74, 6) is 0.815. The van der Waals surface area contributed by atoms with Crippen LogP contribution in [0.1, 0.15) is 46.6 Å². The number of hydrogen-bond donors (Lipinski definition) is 3. The Morgan fingerprint density at radius 2 is 1.30 bits per heavy atom. The molecule has 2 amide bonds. The van der Waals surface area contributed by atoms with Crippen LogP contribution in [0.5, 0.6) is 0 Å². The fourth-order valence-corrected chi connectivity index (χ4v) is 5.49. The minimum Gasteiger partial charge on any atom is -0.392 e. The first-order valence-corrected chi connectivity index (χ1v) is 14.5. The van der Waals surface area contributed by atoms with Crippen LogP contribution in [-0.2, 0) is 29.2 Å². The maximum absolute atomic E-state index is 12.2. The summed E-state index contributed by atoms with van der Waals surface area (Å²) < 4.78 is 12.9. The fraction of sp³-hybridized carbons (Fsp3) is 0.242. The lowest BCUT2D eigenvalue weighted by atomic mass is 10.0. The second kappa shape index (κ2) is 14.1. The van der Waals surface area contributed by atoms with Gasteiger partial charge in [-0.2, -0.15) is 0 Å². The van der Waals surface area contributed by atoms with Crippen LogP contribution >= 0.6 is 11.8 Å². The van der Waals surface area contributed by atoms with Gasteiger partial charge >= 0.3 is 6.03 Å². The summed E-state index contributed by atoms with van der Waals surface area (Å²) in [4.78, 5) is 13.4. The molecule has 0 radical (unpaired) electrons. The zero-order chi connectivity index (χ0) is 27.6. The van der Waals surface area contributed by atoms with Crippen molar-refractivity contribution in [2.45, 2.75) is 49.5 Å². The zero-order valence-electron chi connectivity index (χ0n) is 22.2. The maximum Gasteiger partial charge on any atom is 0.315 e. The highest BCUT2D eigenvalue weighted by molar-refractivity contribution is 7.99. The van der Waals surface area contributed by atoms with Crippen molar-refractivity contribution < 1.29 is 19.4 Å². The highest BCUT2D eigenvalue weighted by Gasteiger charge is 2.32. The number of carbonyl (C=O) groups excluding carboxylic acids is 1. The number of hydrogen-bond acceptors (Lipinski definition) is 5. The number of aliphatic hydroxyl groups is 1. The van der Waals surface area contributed by atoms with E-state index in [1.807, 2.05) is 97.1 Å². The molecule has 0 bridgehead atoms. The molecule has 3 atom stereocenters. The number of carbonyl (C=O) groups is 1. The molecule has 0 spiro atoms. The molecule has 0 unspecified atom stereocenters. The van der Waals surface area contributed by atoms with Gasteiger partial charge in [0, 0.05) is 35.7 Å². The summed E-state index contributed by atoms with van der Waals surface area (Å²) in [5.41, 5.74) is 4.92. The molecule has 4 aromatic rings. The van der Waals surface area contributed by atoms with Crippen LogP contribution < -0.4 is 10.6 Å². The first-order valence-electron chi connectivity index (χ1n) is 13.5. The number of aliphatic hydroxyl groups excluding tert-OH is 1. The van der Waals surface area contributed by atoms with Gasteiger partial charge in [-0.15, -0.1) is 11.8 Å². The molecule has 0 saturated carbocycles. The third-order valence-corrected chi connectivity index (χ3v) is 7.94. The average molecular weight is 555 g/mol. The molecule has 40 heavy (non-hydrogen) atoms. The zero-order valence-corrected chi connectivity index (χ0v) is 23.1. The normalized spacial score (nSPS) is 18.7. The molecule has 0 aliphatic carbocycles. The molecule has 1 saturated heterocycles. The molecule has 5 rings (SSSR count). The predicted molar refractivity (Wildman–Crippen MR) is 158 cm³/mol. The maximum atomic E-state index is 12.2. The number of benzene rings is 4. The van der Waals surface area contributed by atoms with Gasteiger partial charge in [-0.3, -0.25) is 0 Å². The first-order chi connectivity index (χ1) is 19.7. The van der Waals surface area contributed by atoms with Gasteiger partial charge < -0.3 is 25.2 Å². The Morgan fingerprint density at radius 1 is 0.725 bits per heavy atom. The van der Waals surface area contributed by atoms with Crippen molar-refractivity contribution in [3.63, 3.8) is 0 Å². The highest BCUT2D eigenvalue weighted by Crippen LogP contribution is 2.39. The van der Waals surface area contributed by atoms with Gasteiger partial charge in [0.2, 0.25) is 0 Å². The van der Waals surface area contributed by atoms with Gasteiger partial charge in [0.15, 0.2) is 6.29 Å². The van der Waals surface area contributed by atoms with Gasteiger partial charge in [-0.1, -0.05) is 97.1 Å². The molecule has 6 nitrogen and oxygen atoms in total. The monoisotopic (exact) mass is 554 g/mol. The van der Waals surface area contributed by atoms with Crippen molar-refractivity contribution >= 4 is 17.8 Å². The summed E-state index contributed by atoms with van der Waals surface area (Å²) in [6.45, 7) is 0.919. The topological polar surface area (TPSA) is 79.8 Å². The molecular formula is C33H34N2O4S. The van der Waals surface area contributed by atoms with Crippen LogP contribution in [0.3, 0.4) is 0 Å². The van der Waals surface area contributed by atoms with Gasteiger partial charge in [0.25, 0.3) is 0 Å². The van der Waals surface area contributed by atoms with Crippen LogP contribution in [0.2, 0.25) is 0 Å². The summed E-state index contributed by atoms with van der Waals surface area (Å²) in [6.07, 6.45) is 0.118. The molecular weight excluding hydrogens is 520 g/mol. The largest absolute Gasteiger partial charge is 0.392 e. The number of nitrogens with one attached hydrogen (secondary N) is 2. The summed E-state index contributed by atoms with van der Waals surface area (Å²) >= 11 is 1.78. The second-order valence-electron chi connectivity index (χ2n) is 9.74. The lowest BCUT2D eigenvalue weighted by Crippen LogP contribution is -2.34. The molecule has 1 aliphatic rings. The van der Waals surface area contributed by atoms with Gasteiger partial charge in [0.05, 0.1) is 18.8 Å². The minimum absolute atomic E-state index is 0.00104. The Balaban J connectivity index is 1.21. The van der Waals surface area contributed by atoms with Crippen molar-refractivity contribution in [1.82, 2.24) is 10.6 Å². The van der Waals surface area contributed by atoms with E-state index in [0.717, 1.165) is 40.0 Å². The van der Waals surface area contributed by atoms with Gasteiger partial charge in [0.1, 0.15) is 0 Å². The van der Waals surface area contributed by atoms with Gasteiger partial charge in [-0.05, 0) is 34.4 Å². The lowest BCUT2D eigenvalue weighted by molar-refractivity contribution is -0.245. The van der Waals surface area contributed by atoms with Crippen LogP contribution in [-0.4, -0.2) is 23.0 Å². The number of ether oxygens (including phenoxy) is 2. The van der Waals surface area contributed by atoms with E-state index >= 15 is 0 Å². The molecule has 3 N–H and O–H groups in total. The standard InChI is InChI=1S/C33H34N2O4S/c36-22-26-13-15-27(16-14-26)31-19-29(23-40-30-9-5-2-6-10-30)38-32(39-31)28-17-11-25(12-18-28)21-35-33(37)34-20-24-7-3-1-4-8-24/h1-18,29,31-32,36H,19-23H2,(H2,34,35,37)/t29-,31+,32+/m1/s1. The molecule has 206 valence electrons. The third kappa shape index (κ3) is 7.96. The van der Waals surface area contributed by atoms with Crippen molar-refractivity contribution in [2.24, 2.45) is 0 Å². The van der Waals surface area contributed by atoms with E-state index in [1.54, 1.807) is 11.8 Å². The number of thioether (sulfide) groups is 1. The second-order valence-corrected chi connectivity index (χ2v) is 10.8. The third-order valence-electron chi connectivity index (χ3n) is 6.79. The molecule has 1 fully saturated rings. The summed E-state index contributed by atoms with van der Waals surface area (Å²) in [5, 5.41) is 15.2. The van der Waals surface area contributed by atoms with Gasteiger partial charge in [-0.25, -0.2) is 4.79 Å². The van der Waals surface area contributed by atoms with E-state index in [1.165, 1.54) is 4.90 Å². The lowest BCUT2D eigenvalue weighted by Gasteiger charge is -2.36. The Morgan fingerprint density at radius 3 is 1.95 bits per heavy atom. The van der Waals surface area contributed by atoms with E-state index in [9.17, 15) is 9.90 Å². The quantitative estimate of drug-likeness (QED) is 0.195. The SMILES string of the molecule is O=C(NCc1ccccc1)NCc1ccc([C@H]2O[C@@H](CSc3ccccc3)C[C@@H](c3ccc(CO)cc3)O2)cc1. The van der Waals surface area contributed by atoms with Crippen molar-refractivity contribution in [2.75, 3.05) is 5.75 Å². The number of rotatable bonds is 10. The first kappa shape index (κ1) is 27.9. The smallest absolute Gasteiger partial charge is 0.315 e. The van der Waals surface area contributed by atoms with E-state index in [-0.39, 0.29) is 24.8 Å². The average Bonchev–Trinajstić information content (AvgIpc) is 3.03. The predicted octanol–water partition coefficient (Wildman–Crippen LogP) is 6.52. The van der Waals surface area contributed by atoms with Crippen LogP contribution in [0.25, 0.3) is 0 Å².